The Labute approximate surface area is 72.1 Å². The number of hydrogen-bond acceptors (Lipinski definition) is 2. The minimum atomic E-state index is -0.844. The molecule has 1 heterocycles. The van der Waals surface area contributed by atoms with Crippen LogP contribution >= 0.6 is 0 Å². The van der Waals surface area contributed by atoms with Gasteiger partial charge in [0.15, 0.2) is 0 Å². The minimum Gasteiger partial charge on any atom is -0.347 e. The molecule has 1 fully saturated rings. The van der Waals surface area contributed by atoms with E-state index in [-0.39, 0.29) is 11.9 Å². The van der Waals surface area contributed by atoms with E-state index in [0.29, 0.717) is 13.0 Å². The average Bonchev–Trinajstić information content (AvgIpc) is 2.28. The summed E-state index contributed by atoms with van der Waals surface area (Å²) in [7, 11) is 5.18. The highest BCUT2D eigenvalue weighted by atomic mass is 19.1. The molecule has 4 heteroatoms. The first-order valence-corrected chi connectivity index (χ1v) is 4.08. The second-order valence-corrected chi connectivity index (χ2v) is 3.52. The average molecular weight is 174 g/mol. The van der Waals surface area contributed by atoms with Gasteiger partial charge >= 0.3 is 0 Å². The summed E-state index contributed by atoms with van der Waals surface area (Å²) < 4.78 is 12.8. The van der Waals surface area contributed by atoms with Gasteiger partial charge in [0.2, 0.25) is 5.91 Å². The summed E-state index contributed by atoms with van der Waals surface area (Å²) in [5.74, 6) is -0.00218. The molecule has 1 aliphatic heterocycles. The molecule has 1 saturated heterocycles. The number of amides is 1. The van der Waals surface area contributed by atoms with Crippen LogP contribution in [0.1, 0.15) is 6.42 Å². The van der Waals surface area contributed by atoms with Crippen LogP contribution in [0, 0.1) is 0 Å². The van der Waals surface area contributed by atoms with Crippen molar-refractivity contribution < 1.29 is 9.18 Å². The van der Waals surface area contributed by atoms with Crippen molar-refractivity contribution >= 4 is 5.91 Å². The molecule has 3 nitrogen and oxygen atoms in total. The Bertz CT molecular complexity index is 184. The molecular formula is C8H15FN2O. The third kappa shape index (κ3) is 1.75. The molecule has 2 atom stereocenters. The van der Waals surface area contributed by atoms with Gasteiger partial charge in [-0.1, -0.05) is 0 Å². The highest BCUT2D eigenvalue weighted by Gasteiger charge is 2.34. The number of alkyl halides is 1. The molecule has 0 aromatic carbocycles. The van der Waals surface area contributed by atoms with E-state index >= 15 is 0 Å². The van der Waals surface area contributed by atoms with Crippen LogP contribution in [-0.2, 0) is 4.79 Å². The predicted molar refractivity (Wildman–Crippen MR) is 44.6 cm³/mol. The fourth-order valence-electron chi connectivity index (χ4n) is 1.52. The number of likely N-dealkylation sites (N-methyl/N-ethyl adjacent to an activating group) is 2. The zero-order valence-corrected chi connectivity index (χ0v) is 7.75. The number of nitrogens with zero attached hydrogens (tertiary/aromatic N) is 2. The van der Waals surface area contributed by atoms with Crippen molar-refractivity contribution in [2.45, 2.75) is 18.6 Å². The Hall–Kier alpha value is -0.640. The van der Waals surface area contributed by atoms with Crippen molar-refractivity contribution in [3.63, 3.8) is 0 Å². The third-order valence-corrected chi connectivity index (χ3v) is 2.22. The maximum absolute atomic E-state index is 12.8. The summed E-state index contributed by atoms with van der Waals surface area (Å²) >= 11 is 0. The van der Waals surface area contributed by atoms with Crippen LogP contribution in [0.25, 0.3) is 0 Å². The first-order valence-electron chi connectivity index (χ1n) is 4.08. The third-order valence-electron chi connectivity index (χ3n) is 2.22. The van der Waals surface area contributed by atoms with Gasteiger partial charge in [-0.15, -0.1) is 0 Å². The molecule has 12 heavy (non-hydrogen) atoms. The van der Waals surface area contributed by atoms with E-state index in [2.05, 4.69) is 0 Å². The van der Waals surface area contributed by atoms with Crippen LogP contribution in [-0.4, -0.2) is 55.6 Å². The van der Waals surface area contributed by atoms with Crippen molar-refractivity contribution in [3.05, 3.63) is 0 Å². The van der Waals surface area contributed by atoms with Gasteiger partial charge in [0.05, 0.1) is 6.04 Å². The Balaban J connectivity index is 2.58. The Kier molecular flexibility index (Phi) is 2.67. The molecule has 0 bridgehead atoms. The molecule has 1 rings (SSSR count). The lowest BCUT2D eigenvalue weighted by molar-refractivity contribution is -0.132. The van der Waals surface area contributed by atoms with Crippen molar-refractivity contribution in [2.75, 3.05) is 27.7 Å². The minimum absolute atomic E-state index is 0.00218. The number of carbonyl (C=O) groups excluding carboxylic acids is 1. The predicted octanol–water partition coefficient (Wildman–Crippen LogP) is 0.117. The normalized spacial score (nSPS) is 30.7. The lowest BCUT2D eigenvalue weighted by atomic mass is 10.2. The van der Waals surface area contributed by atoms with Crippen LogP contribution < -0.4 is 0 Å². The summed E-state index contributed by atoms with van der Waals surface area (Å²) in [4.78, 5) is 14.7. The molecule has 1 amide bonds. The van der Waals surface area contributed by atoms with Crippen molar-refractivity contribution in [2.24, 2.45) is 0 Å². The maximum atomic E-state index is 12.8. The number of rotatable bonds is 1. The molecule has 0 N–H and O–H groups in total. The Morgan fingerprint density at radius 2 is 2.17 bits per heavy atom. The highest BCUT2D eigenvalue weighted by Crippen LogP contribution is 2.19. The van der Waals surface area contributed by atoms with Gasteiger partial charge in [-0.05, 0) is 7.05 Å². The van der Waals surface area contributed by atoms with E-state index in [1.807, 2.05) is 0 Å². The van der Waals surface area contributed by atoms with Crippen LogP contribution in [0.4, 0.5) is 4.39 Å². The summed E-state index contributed by atoms with van der Waals surface area (Å²) in [6.45, 7) is 0.379. The largest absolute Gasteiger partial charge is 0.347 e. The van der Waals surface area contributed by atoms with E-state index in [1.54, 1.807) is 26.0 Å². The SMILES string of the molecule is CN(C)C(=O)[C@@H]1CC(F)CN1C. The maximum Gasteiger partial charge on any atom is 0.239 e. The summed E-state index contributed by atoms with van der Waals surface area (Å²) in [5.41, 5.74) is 0. The number of hydrogen-bond donors (Lipinski definition) is 0. The van der Waals surface area contributed by atoms with Crippen LogP contribution in [0.3, 0.4) is 0 Å². The van der Waals surface area contributed by atoms with Crippen LogP contribution in [0.5, 0.6) is 0 Å². The fraction of sp³-hybridized carbons (Fsp3) is 0.875. The molecule has 0 aromatic rings. The summed E-state index contributed by atoms with van der Waals surface area (Å²) in [6, 6.07) is -0.255. The highest BCUT2D eigenvalue weighted by molar-refractivity contribution is 5.81. The molecule has 0 spiro atoms. The Morgan fingerprint density at radius 3 is 2.50 bits per heavy atom. The first-order chi connectivity index (χ1) is 5.52. The van der Waals surface area contributed by atoms with Crippen LogP contribution in [0.15, 0.2) is 0 Å². The molecule has 0 radical (unpaired) electrons. The standard InChI is InChI=1S/C8H15FN2O/c1-10(2)8(12)7-4-6(9)5-11(7)3/h6-7H,4-5H2,1-3H3/t6?,7-/m0/s1. The van der Waals surface area contributed by atoms with E-state index < -0.39 is 6.17 Å². The van der Waals surface area contributed by atoms with Gasteiger partial charge < -0.3 is 4.90 Å². The van der Waals surface area contributed by atoms with E-state index in [4.69, 9.17) is 0 Å². The van der Waals surface area contributed by atoms with Gasteiger partial charge in [-0.2, -0.15) is 0 Å². The summed E-state index contributed by atoms with van der Waals surface area (Å²) in [6.07, 6.45) is -0.503. The Morgan fingerprint density at radius 1 is 1.58 bits per heavy atom. The van der Waals surface area contributed by atoms with Gasteiger partial charge in [-0.3, -0.25) is 9.69 Å². The number of halogens is 1. The van der Waals surface area contributed by atoms with Crippen molar-refractivity contribution in [3.8, 4) is 0 Å². The van der Waals surface area contributed by atoms with Crippen molar-refractivity contribution in [1.82, 2.24) is 9.80 Å². The van der Waals surface area contributed by atoms with Gasteiger partial charge in [0, 0.05) is 27.1 Å². The summed E-state index contributed by atoms with van der Waals surface area (Å²) in [5, 5.41) is 0. The van der Waals surface area contributed by atoms with E-state index in [0.717, 1.165) is 0 Å². The zero-order chi connectivity index (χ0) is 9.30. The second kappa shape index (κ2) is 3.39. The monoisotopic (exact) mass is 174 g/mol. The van der Waals surface area contributed by atoms with Crippen LogP contribution in [0.2, 0.25) is 0 Å². The first kappa shape index (κ1) is 9.45. The van der Waals surface area contributed by atoms with E-state index in [1.165, 1.54) is 4.90 Å². The lowest BCUT2D eigenvalue weighted by Crippen LogP contribution is -2.40. The van der Waals surface area contributed by atoms with Gasteiger partial charge in [0.1, 0.15) is 6.17 Å². The smallest absolute Gasteiger partial charge is 0.239 e. The molecule has 0 aliphatic carbocycles. The molecular weight excluding hydrogens is 159 g/mol. The molecule has 0 saturated carbocycles. The molecule has 0 aromatic heterocycles. The quantitative estimate of drug-likeness (QED) is 0.563. The zero-order valence-electron chi connectivity index (χ0n) is 7.75. The topological polar surface area (TPSA) is 23.6 Å². The molecule has 1 aliphatic rings. The fourth-order valence-corrected chi connectivity index (χ4v) is 1.52. The van der Waals surface area contributed by atoms with E-state index in [9.17, 15) is 9.18 Å². The molecule has 1 unspecified atom stereocenters. The van der Waals surface area contributed by atoms with Gasteiger partial charge in [-0.25, -0.2) is 4.39 Å². The van der Waals surface area contributed by atoms with Crippen molar-refractivity contribution in [1.29, 1.82) is 0 Å². The lowest BCUT2D eigenvalue weighted by Gasteiger charge is -2.21. The second-order valence-electron chi connectivity index (χ2n) is 3.52. The molecule has 70 valence electrons. The van der Waals surface area contributed by atoms with Gasteiger partial charge in [0.25, 0.3) is 0 Å². The number of likely N-dealkylation sites (tertiary alicyclic amines) is 1. The number of carbonyl (C=O) groups is 1.